The Hall–Kier alpha value is -1.37. The second-order valence-electron chi connectivity index (χ2n) is 5.49. The maximum atomic E-state index is 12.6. The van der Waals surface area contributed by atoms with Crippen molar-refractivity contribution in [2.45, 2.75) is 51.9 Å². The van der Waals surface area contributed by atoms with Crippen LogP contribution in [0.5, 0.6) is 0 Å². The van der Waals surface area contributed by atoms with Crippen molar-refractivity contribution in [2.24, 2.45) is 0 Å². The van der Waals surface area contributed by atoms with Gasteiger partial charge in [-0.3, -0.25) is 4.90 Å². The summed E-state index contributed by atoms with van der Waals surface area (Å²) in [6.07, 6.45) is -1.58. The number of halogens is 3. The molecule has 1 N–H and O–H groups in total. The number of hydrogen-bond acceptors (Lipinski definition) is 4. The van der Waals surface area contributed by atoms with Crippen molar-refractivity contribution in [3.63, 3.8) is 0 Å². The molecule has 1 saturated carbocycles. The van der Waals surface area contributed by atoms with E-state index < -0.39 is 12.7 Å². The molecular weight excluding hydrogens is 281 g/mol. The smallest absolute Gasteiger partial charge is 0.370 e. The van der Waals surface area contributed by atoms with Crippen molar-refractivity contribution in [2.75, 3.05) is 18.4 Å². The Labute approximate surface area is 122 Å². The maximum absolute atomic E-state index is 12.6. The first-order valence-electron chi connectivity index (χ1n) is 7.26. The van der Waals surface area contributed by atoms with Crippen LogP contribution >= 0.6 is 0 Å². The second kappa shape index (κ2) is 6.60. The van der Waals surface area contributed by atoms with E-state index in [0.717, 1.165) is 31.5 Å². The number of alkyl halides is 3. The average Bonchev–Trinajstić information content (AvgIpc) is 3.17. The fourth-order valence-corrected chi connectivity index (χ4v) is 2.21. The first kappa shape index (κ1) is 16.0. The molecule has 0 saturated heterocycles. The number of aromatic nitrogens is 2. The van der Waals surface area contributed by atoms with Gasteiger partial charge in [-0.2, -0.15) is 13.2 Å². The van der Waals surface area contributed by atoms with Crippen molar-refractivity contribution in [1.82, 2.24) is 14.9 Å². The first-order chi connectivity index (χ1) is 9.87. The summed E-state index contributed by atoms with van der Waals surface area (Å²) in [5, 5.41) is 3.15. The molecule has 0 aromatic carbocycles. The highest BCUT2D eigenvalue weighted by Gasteiger charge is 2.38. The van der Waals surface area contributed by atoms with Crippen LogP contribution in [0.3, 0.4) is 0 Å². The molecule has 0 aliphatic heterocycles. The predicted octanol–water partition coefficient (Wildman–Crippen LogP) is 3.13. The fourth-order valence-electron chi connectivity index (χ4n) is 2.21. The van der Waals surface area contributed by atoms with Crippen molar-refractivity contribution in [3.05, 3.63) is 17.6 Å². The summed E-state index contributed by atoms with van der Waals surface area (Å²) in [7, 11) is 0. The molecule has 0 atom stereocenters. The highest BCUT2D eigenvalue weighted by Crippen LogP contribution is 2.31. The van der Waals surface area contributed by atoms with Crippen molar-refractivity contribution in [3.8, 4) is 0 Å². The van der Waals surface area contributed by atoms with Crippen LogP contribution in [-0.2, 0) is 6.54 Å². The van der Waals surface area contributed by atoms with Gasteiger partial charge in [0.15, 0.2) is 0 Å². The zero-order chi connectivity index (χ0) is 15.5. The largest absolute Gasteiger partial charge is 0.401 e. The minimum Gasteiger partial charge on any atom is -0.370 e. The predicted molar refractivity (Wildman–Crippen MR) is 75.0 cm³/mol. The van der Waals surface area contributed by atoms with Gasteiger partial charge in [0, 0.05) is 24.3 Å². The highest BCUT2D eigenvalue weighted by molar-refractivity contribution is 5.35. The lowest BCUT2D eigenvalue weighted by Gasteiger charge is -2.22. The number of rotatable bonds is 7. The van der Waals surface area contributed by atoms with E-state index in [4.69, 9.17) is 0 Å². The van der Waals surface area contributed by atoms with Gasteiger partial charge < -0.3 is 5.32 Å². The summed E-state index contributed by atoms with van der Waals surface area (Å²) < 4.78 is 37.9. The molecule has 1 aliphatic rings. The number of hydrogen-bond donors (Lipinski definition) is 1. The Morgan fingerprint density at radius 2 is 2.05 bits per heavy atom. The Balaban J connectivity index is 2.07. The van der Waals surface area contributed by atoms with Gasteiger partial charge in [0.2, 0.25) is 0 Å². The Kier molecular flexibility index (Phi) is 5.03. The SMILES string of the molecule is CCCNc1cc(C)nc(CN(CC(F)(F)F)C2CC2)n1. The maximum Gasteiger partial charge on any atom is 0.401 e. The molecular formula is C14H21F3N4. The van der Waals surface area contributed by atoms with Crippen LogP contribution in [-0.4, -0.2) is 40.2 Å². The standard InChI is InChI=1S/C14H21F3N4/c1-3-6-18-12-7-10(2)19-13(20-12)8-21(11-4-5-11)9-14(15,16)17/h7,11H,3-6,8-9H2,1-2H3,(H,18,19,20). The van der Waals surface area contributed by atoms with Crippen molar-refractivity contribution < 1.29 is 13.2 Å². The monoisotopic (exact) mass is 302 g/mol. The van der Waals surface area contributed by atoms with E-state index in [9.17, 15) is 13.2 Å². The lowest BCUT2D eigenvalue weighted by atomic mass is 10.3. The van der Waals surface area contributed by atoms with Gasteiger partial charge in [0.05, 0.1) is 13.1 Å². The van der Waals surface area contributed by atoms with Gasteiger partial charge in [-0.1, -0.05) is 6.92 Å². The lowest BCUT2D eigenvalue weighted by Crippen LogP contribution is -2.36. The van der Waals surface area contributed by atoms with Crippen LogP contribution in [0.1, 0.15) is 37.7 Å². The van der Waals surface area contributed by atoms with Crippen molar-refractivity contribution in [1.29, 1.82) is 0 Å². The molecule has 2 rings (SSSR count). The molecule has 118 valence electrons. The molecule has 7 heteroatoms. The summed E-state index contributed by atoms with van der Waals surface area (Å²) in [4.78, 5) is 10.0. The summed E-state index contributed by atoms with van der Waals surface area (Å²) in [5.74, 6) is 1.13. The van der Waals surface area contributed by atoms with Crippen LogP contribution in [0.25, 0.3) is 0 Å². The summed E-state index contributed by atoms with van der Waals surface area (Å²) in [6.45, 7) is 3.90. The molecule has 1 heterocycles. The molecule has 0 spiro atoms. The van der Waals surface area contributed by atoms with Gasteiger partial charge in [-0.25, -0.2) is 9.97 Å². The van der Waals surface area contributed by atoms with Gasteiger partial charge in [0.1, 0.15) is 11.6 Å². The van der Waals surface area contributed by atoms with Crippen LogP contribution in [0.4, 0.5) is 19.0 Å². The van der Waals surface area contributed by atoms with Crippen LogP contribution < -0.4 is 5.32 Å². The number of nitrogens with one attached hydrogen (secondary N) is 1. The topological polar surface area (TPSA) is 41.1 Å². The normalized spacial score (nSPS) is 15.5. The fraction of sp³-hybridized carbons (Fsp3) is 0.714. The van der Waals surface area contributed by atoms with E-state index in [2.05, 4.69) is 15.3 Å². The zero-order valence-electron chi connectivity index (χ0n) is 12.4. The quantitative estimate of drug-likeness (QED) is 0.840. The summed E-state index contributed by atoms with van der Waals surface area (Å²) in [6, 6.07) is 1.83. The number of anilines is 1. The Morgan fingerprint density at radius 1 is 1.33 bits per heavy atom. The molecule has 1 fully saturated rings. The van der Waals surface area contributed by atoms with E-state index >= 15 is 0 Å². The molecule has 1 aromatic rings. The lowest BCUT2D eigenvalue weighted by molar-refractivity contribution is -0.148. The molecule has 0 radical (unpaired) electrons. The summed E-state index contributed by atoms with van der Waals surface area (Å²) in [5.41, 5.74) is 0.765. The van der Waals surface area contributed by atoms with E-state index in [-0.39, 0.29) is 12.6 Å². The molecule has 1 aliphatic carbocycles. The number of nitrogens with zero attached hydrogens (tertiary/aromatic N) is 3. The van der Waals surface area contributed by atoms with Gasteiger partial charge in [0.25, 0.3) is 0 Å². The van der Waals surface area contributed by atoms with E-state index in [1.807, 2.05) is 19.9 Å². The number of aryl methyl sites for hydroxylation is 1. The second-order valence-corrected chi connectivity index (χ2v) is 5.49. The minimum absolute atomic E-state index is 0.0165. The third kappa shape index (κ3) is 5.49. The van der Waals surface area contributed by atoms with E-state index in [1.165, 1.54) is 4.90 Å². The van der Waals surface area contributed by atoms with Gasteiger partial charge in [-0.05, 0) is 26.2 Å². The third-order valence-corrected chi connectivity index (χ3v) is 3.25. The zero-order valence-corrected chi connectivity index (χ0v) is 12.4. The van der Waals surface area contributed by atoms with Gasteiger partial charge >= 0.3 is 6.18 Å². The van der Waals surface area contributed by atoms with Gasteiger partial charge in [-0.15, -0.1) is 0 Å². The Morgan fingerprint density at radius 3 is 2.62 bits per heavy atom. The molecule has 0 bridgehead atoms. The molecule has 1 aromatic heterocycles. The van der Waals surface area contributed by atoms with Crippen molar-refractivity contribution >= 4 is 5.82 Å². The van der Waals surface area contributed by atoms with E-state index in [0.29, 0.717) is 11.6 Å². The molecule has 0 unspecified atom stereocenters. The molecule has 21 heavy (non-hydrogen) atoms. The average molecular weight is 302 g/mol. The highest BCUT2D eigenvalue weighted by atomic mass is 19.4. The first-order valence-corrected chi connectivity index (χ1v) is 7.26. The molecule has 4 nitrogen and oxygen atoms in total. The minimum atomic E-state index is -4.18. The van der Waals surface area contributed by atoms with E-state index in [1.54, 1.807) is 0 Å². The Bertz CT molecular complexity index is 472. The summed E-state index contributed by atoms with van der Waals surface area (Å²) >= 11 is 0. The third-order valence-electron chi connectivity index (χ3n) is 3.25. The van der Waals surface area contributed by atoms with Crippen LogP contribution in [0, 0.1) is 6.92 Å². The van der Waals surface area contributed by atoms with Crippen LogP contribution in [0.15, 0.2) is 6.07 Å². The molecule has 0 amide bonds. The van der Waals surface area contributed by atoms with Crippen LogP contribution in [0.2, 0.25) is 0 Å².